The molecule has 0 atom stereocenters. The minimum atomic E-state index is -5.05. The Morgan fingerprint density at radius 1 is 0.938 bits per heavy atom. The molecular weight excluding hydrogens is 466 g/mol. The zero-order valence-electron chi connectivity index (χ0n) is 16.6. The smallest absolute Gasteiger partial charge is 0.416 e. The van der Waals surface area contributed by atoms with Gasteiger partial charge >= 0.3 is 12.4 Å². The average molecular weight is 484 g/mol. The number of amides is 1. The number of ether oxygens (including phenoxy) is 1. The van der Waals surface area contributed by atoms with Crippen molar-refractivity contribution in [1.29, 1.82) is 0 Å². The summed E-state index contributed by atoms with van der Waals surface area (Å²) in [4.78, 5) is 11.9. The lowest BCUT2D eigenvalue weighted by Crippen LogP contribution is -2.30. The molecule has 0 fully saturated rings. The van der Waals surface area contributed by atoms with Crippen molar-refractivity contribution in [1.82, 2.24) is 4.72 Å². The van der Waals surface area contributed by atoms with Crippen LogP contribution in [0.2, 0.25) is 0 Å². The van der Waals surface area contributed by atoms with Gasteiger partial charge in [0.05, 0.1) is 16.0 Å². The third-order valence-electron chi connectivity index (χ3n) is 3.77. The highest BCUT2D eigenvalue weighted by Crippen LogP contribution is 2.37. The molecule has 13 heteroatoms. The van der Waals surface area contributed by atoms with Crippen molar-refractivity contribution >= 4 is 21.6 Å². The van der Waals surface area contributed by atoms with Gasteiger partial charge in [-0.3, -0.25) is 4.79 Å². The lowest BCUT2D eigenvalue weighted by atomic mass is 10.1. The topological polar surface area (TPSA) is 84.5 Å². The van der Waals surface area contributed by atoms with Crippen molar-refractivity contribution in [3.8, 4) is 5.75 Å². The van der Waals surface area contributed by atoms with Gasteiger partial charge in [-0.15, -0.1) is 0 Å². The third kappa shape index (κ3) is 7.12. The van der Waals surface area contributed by atoms with E-state index >= 15 is 0 Å². The molecule has 0 aromatic heterocycles. The minimum absolute atomic E-state index is 0.0590. The second kappa shape index (κ2) is 9.36. The normalized spacial score (nSPS) is 12.7. The zero-order chi connectivity index (χ0) is 24.3. The number of carbonyl (C=O) groups excluding carboxylic acids is 1. The molecule has 176 valence electrons. The summed E-state index contributed by atoms with van der Waals surface area (Å²) in [6.07, 6.45) is -10.1. The molecule has 2 aromatic carbocycles. The Labute approximate surface area is 179 Å². The van der Waals surface area contributed by atoms with E-state index < -0.39 is 51.7 Å². The Balaban J connectivity index is 2.09. The first-order valence-corrected chi connectivity index (χ1v) is 10.4. The van der Waals surface area contributed by atoms with E-state index in [2.05, 4.69) is 4.72 Å². The van der Waals surface area contributed by atoms with Crippen LogP contribution in [0, 0.1) is 0 Å². The molecule has 6 nitrogen and oxygen atoms in total. The fourth-order valence-corrected chi connectivity index (χ4v) is 3.72. The van der Waals surface area contributed by atoms with Crippen LogP contribution >= 0.6 is 0 Å². The monoisotopic (exact) mass is 484 g/mol. The van der Waals surface area contributed by atoms with Crippen LogP contribution in [0.1, 0.15) is 25.0 Å². The van der Waals surface area contributed by atoms with Gasteiger partial charge in [0, 0.05) is 11.7 Å². The molecule has 0 aliphatic heterocycles. The first-order valence-electron chi connectivity index (χ1n) is 8.92. The summed E-state index contributed by atoms with van der Waals surface area (Å²) in [7, 11) is -3.75. The lowest BCUT2D eigenvalue weighted by Gasteiger charge is -2.15. The molecule has 1 amide bonds. The maximum Gasteiger partial charge on any atom is 0.416 e. The van der Waals surface area contributed by atoms with Gasteiger partial charge in [-0.05, 0) is 56.3 Å². The molecule has 2 rings (SSSR count). The fraction of sp³-hybridized carbons (Fsp3) is 0.316. The molecule has 0 saturated heterocycles. The summed E-state index contributed by atoms with van der Waals surface area (Å²) in [5.74, 6) is -0.959. The molecule has 0 heterocycles. The molecular formula is C19H18F6N2O4S. The maximum atomic E-state index is 12.9. The van der Waals surface area contributed by atoms with Gasteiger partial charge in [0.25, 0.3) is 5.91 Å². The molecule has 0 radical (unpaired) electrons. The van der Waals surface area contributed by atoms with E-state index in [4.69, 9.17) is 4.74 Å². The van der Waals surface area contributed by atoms with Crippen molar-refractivity contribution < 1.29 is 44.3 Å². The fourth-order valence-electron chi connectivity index (χ4n) is 2.47. The Bertz CT molecular complexity index is 1030. The van der Waals surface area contributed by atoms with E-state index in [1.54, 1.807) is 13.8 Å². The average Bonchev–Trinajstić information content (AvgIpc) is 2.64. The van der Waals surface area contributed by atoms with Crippen LogP contribution in [0.25, 0.3) is 0 Å². The van der Waals surface area contributed by atoms with Gasteiger partial charge in [-0.2, -0.15) is 26.3 Å². The lowest BCUT2D eigenvalue weighted by molar-refractivity contribution is -0.143. The van der Waals surface area contributed by atoms with E-state index in [9.17, 15) is 39.6 Å². The number of rotatable bonds is 7. The number of carbonyl (C=O) groups is 1. The van der Waals surface area contributed by atoms with Crippen LogP contribution in [-0.2, 0) is 27.2 Å². The van der Waals surface area contributed by atoms with E-state index in [1.807, 2.05) is 5.32 Å². The number of halogens is 6. The maximum absolute atomic E-state index is 12.9. The van der Waals surface area contributed by atoms with Crippen LogP contribution < -0.4 is 14.8 Å². The number of alkyl halides is 6. The van der Waals surface area contributed by atoms with Gasteiger partial charge in [0.15, 0.2) is 6.61 Å². The van der Waals surface area contributed by atoms with Crippen LogP contribution in [0.4, 0.5) is 32.0 Å². The standard InChI is InChI=1S/C19H18F6N2O4S/c1-11(2)27-32(29,30)16-5-3-15(4-6-16)31-10-17(28)26-14-8-12(18(20,21)22)7-13(9-14)19(23,24)25/h3-9,11,27H,10H2,1-2H3,(H,26,28). The SMILES string of the molecule is CC(C)NS(=O)(=O)c1ccc(OCC(=O)Nc2cc(C(F)(F)F)cc(C(F)(F)F)c2)cc1. The molecule has 0 bridgehead atoms. The highest BCUT2D eigenvalue weighted by molar-refractivity contribution is 7.89. The number of benzene rings is 2. The highest BCUT2D eigenvalue weighted by atomic mass is 32.2. The molecule has 32 heavy (non-hydrogen) atoms. The minimum Gasteiger partial charge on any atom is -0.484 e. The van der Waals surface area contributed by atoms with Gasteiger partial charge in [-0.1, -0.05) is 0 Å². The Kier molecular flexibility index (Phi) is 7.45. The van der Waals surface area contributed by atoms with Crippen molar-refractivity contribution in [3.05, 3.63) is 53.6 Å². The molecule has 2 N–H and O–H groups in total. The quantitative estimate of drug-likeness (QED) is 0.570. The predicted molar refractivity (Wildman–Crippen MR) is 102 cm³/mol. The Hall–Kier alpha value is -2.80. The Morgan fingerprint density at radius 3 is 1.88 bits per heavy atom. The van der Waals surface area contributed by atoms with Crippen LogP contribution in [0.5, 0.6) is 5.75 Å². The summed E-state index contributed by atoms with van der Waals surface area (Å²) in [5, 5.41) is 1.92. The molecule has 0 unspecified atom stereocenters. The van der Waals surface area contributed by atoms with Crippen molar-refractivity contribution in [2.75, 3.05) is 11.9 Å². The summed E-state index contributed by atoms with van der Waals surface area (Å²) >= 11 is 0. The predicted octanol–water partition coefficient (Wildman–Crippen LogP) is 4.43. The van der Waals surface area contributed by atoms with E-state index in [-0.39, 0.29) is 22.8 Å². The molecule has 0 aliphatic rings. The van der Waals surface area contributed by atoms with Gasteiger partial charge in [0.2, 0.25) is 10.0 Å². The van der Waals surface area contributed by atoms with Gasteiger partial charge in [-0.25, -0.2) is 13.1 Å². The molecule has 0 saturated carbocycles. The summed E-state index contributed by atoms with van der Waals surface area (Å²) in [6.45, 7) is 2.53. The largest absolute Gasteiger partial charge is 0.484 e. The van der Waals surface area contributed by atoms with Crippen molar-refractivity contribution in [3.63, 3.8) is 0 Å². The first-order chi connectivity index (χ1) is 14.6. The number of sulfonamides is 1. The van der Waals surface area contributed by atoms with Crippen LogP contribution in [0.3, 0.4) is 0 Å². The zero-order valence-corrected chi connectivity index (χ0v) is 17.5. The van der Waals surface area contributed by atoms with E-state index in [0.29, 0.717) is 12.1 Å². The summed E-state index contributed by atoms with van der Waals surface area (Å²) in [6, 6.07) is 5.25. The van der Waals surface area contributed by atoms with Gasteiger partial charge in [0.1, 0.15) is 5.75 Å². The summed E-state index contributed by atoms with van der Waals surface area (Å²) < 4.78 is 109. The van der Waals surface area contributed by atoms with E-state index in [1.165, 1.54) is 24.3 Å². The van der Waals surface area contributed by atoms with Crippen molar-refractivity contribution in [2.24, 2.45) is 0 Å². The highest BCUT2D eigenvalue weighted by Gasteiger charge is 2.37. The van der Waals surface area contributed by atoms with Crippen LogP contribution in [0.15, 0.2) is 47.4 Å². The first kappa shape index (κ1) is 25.5. The third-order valence-corrected chi connectivity index (χ3v) is 5.44. The van der Waals surface area contributed by atoms with Crippen molar-refractivity contribution in [2.45, 2.75) is 37.1 Å². The number of anilines is 1. The Morgan fingerprint density at radius 2 is 1.44 bits per heavy atom. The molecule has 2 aromatic rings. The van der Waals surface area contributed by atoms with Gasteiger partial charge < -0.3 is 10.1 Å². The summed E-state index contributed by atoms with van der Waals surface area (Å²) in [5.41, 5.74) is -3.85. The van der Waals surface area contributed by atoms with Crippen LogP contribution in [-0.4, -0.2) is 27.0 Å². The second-order valence-corrected chi connectivity index (χ2v) is 8.59. The number of hydrogen-bond donors (Lipinski definition) is 2. The molecule has 0 spiro atoms. The number of hydrogen-bond acceptors (Lipinski definition) is 4. The molecule has 0 aliphatic carbocycles. The number of nitrogens with one attached hydrogen (secondary N) is 2. The second-order valence-electron chi connectivity index (χ2n) is 6.88. The van der Waals surface area contributed by atoms with E-state index in [0.717, 1.165) is 0 Å².